The second kappa shape index (κ2) is 6.88. The molecule has 1 aromatic rings. The van der Waals surface area contributed by atoms with Crippen molar-refractivity contribution in [3.05, 3.63) is 35.4 Å². The maximum Gasteiger partial charge on any atom is 0.0698 e. The van der Waals surface area contributed by atoms with Gasteiger partial charge in [-0.15, -0.1) is 0 Å². The van der Waals surface area contributed by atoms with Gasteiger partial charge in [0.05, 0.1) is 19.8 Å². The molecule has 1 aromatic carbocycles. The molecule has 100 valence electrons. The van der Waals surface area contributed by atoms with Crippen LogP contribution in [0.4, 0.5) is 0 Å². The predicted octanol–water partition coefficient (Wildman–Crippen LogP) is 2.14. The predicted molar refractivity (Wildman–Crippen MR) is 72.6 cm³/mol. The number of aryl methyl sites for hydroxylation is 1. The molecule has 1 fully saturated rings. The van der Waals surface area contributed by atoms with Gasteiger partial charge in [-0.05, 0) is 31.9 Å². The normalized spacial score (nSPS) is 20.4. The minimum Gasteiger partial charge on any atom is -0.394 e. The third-order valence-electron chi connectivity index (χ3n) is 3.55. The van der Waals surface area contributed by atoms with Crippen molar-refractivity contribution in [2.24, 2.45) is 0 Å². The van der Waals surface area contributed by atoms with Crippen molar-refractivity contribution in [1.82, 2.24) is 4.90 Å². The molecule has 1 atom stereocenters. The largest absolute Gasteiger partial charge is 0.394 e. The minimum absolute atomic E-state index is 0.112. The number of likely N-dealkylation sites (tertiary alicyclic amines) is 1. The Morgan fingerprint density at radius 1 is 1.39 bits per heavy atom. The highest BCUT2D eigenvalue weighted by Gasteiger charge is 2.25. The third kappa shape index (κ3) is 3.55. The standard InChI is InChI=1S/C15H23NO2/c1-13-4-2-5-14(12-13)15-6-3-7-16(15)8-10-18-11-9-17/h2,4-5,12,15,17H,3,6-11H2,1H3. The fourth-order valence-corrected chi connectivity index (χ4v) is 2.70. The topological polar surface area (TPSA) is 32.7 Å². The molecular formula is C15H23NO2. The highest BCUT2D eigenvalue weighted by Crippen LogP contribution is 2.31. The number of nitrogens with zero attached hydrogens (tertiary/aromatic N) is 1. The monoisotopic (exact) mass is 249 g/mol. The van der Waals surface area contributed by atoms with E-state index in [9.17, 15) is 0 Å². The van der Waals surface area contributed by atoms with Gasteiger partial charge in [0.2, 0.25) is 0 Å². The van der Waals surface area contributed by atoms with Crippen LogP contribution in [0.3, 0.4) is 0 Å². The first-order valence-electron chi connectivity index (χ1n) is 6.80. The maximum absolute atomic E-state index is 8.68. The lowest BCUT2D eigenvalue weighted by Crippen LogP contribution is -2.27. The van der Waals surface area contributed by atoms with Crippen molar-refractivity contribution in [2.75, 3.05) is 32.9 Å². The van der Waals surface area contributed by atoms with Crippen LogP contribution in [0.2, 0.25) is 0 Å². The van der Waals surface area contributed by atoms with Crippen molar-refractivity contribution >= 4 is 0 Å². The lowest BCUT2D eigenvalue weighted by atomic mass is 10.0. The van der Waals surface area contributed by atoms with Gasteiger partial charge in [0, 0.05) is 12.6 Å². The molecule has 0 saturated carbocycles. The fourth-order valence-electron chi connectivity index (χ4n) is 2.70. The van der Waals surface area contributed by atoms with Crippen LogP contribution in [-0.2, 0) is 4.74 Å². The van der Waals surface area contributed by atoms with Crippen molar-refractivity contribution in [2.45, 2.75) is 25.8 Å². The number of benzene rings is 1. The summed E-state index contributed by atoms with van der Waals surface area (Å²) in [6.45, 7) is 5.53. The van der Waals surface area contributed by atoms with Gasteiger partial charge in [-0.25, -0.2) is 0 Å². The van der Waals surface area contributed by atoms with Gasteiger partial charge in [0.15, 0.2) is 0 Å². The van der Waals surface area contributed by atoms with Gasteiger partial charge >= 0.3 is 0 Å². The molecule has 18 heavy (non-hydrogen) atoms. The summed E-state index contributed by atoms with van der Waals surface area (Å²) in [4.78, 5) is 2.49. The van der Waals surface area contributed by atoms with Gasteiger partial charge in [0.1, 0.15) is 0 Å². The molecule has 0 radical (unpaired) electrons. The van der Waals surface area contributed by atoms with Gasteiger partial charge in [-0.1, -0.05) is 29.8 Å². The first-order valence-corrected chi connectivity index (χ1v) is 6.80. The molecule has 1 aliphatic heterocycles. The highest BCUT2D eigenvalue weighted by molar-refractivity contribution is 5.25. The molecule has 3 nitrogen and oxygen atoms in total. The van der Waals surface area contributed by atoms with Gasteiger partial charge in [0.25, 0.3) is 0 Å². The zero-order valence-electron chi connectivity index (χ0n) is 11.1. The van der Waals surface area contributed by atoms with E-state index >= 15 is 0 Å². The molecule has 1 N–H and O–H groups in total. The maximum atomic E-state index is 8.68. The number of aliphatic hydroxyl groups is 1. The zero-order valence-corrected chi connectivity index (χ0v) is 11.1. The van der Waals surface area contributed by atoms with E-state index in [0.717, 1.165) is 13.1 Å². The summed E-state index contributed by atoms with van der Waals surface area (Å²) in [5.41, 5.74) is 2.76. The molecule has 0 spiro atoms. The summed E-state index contributed by atoms with van der Waals surface area (Å²) in [6.07, 6.45) is 2.50. The van der Waals surface area contributed by atoms with E-state index in [4.69, 9.17) is 9.84 Å². The van der Waals surface area contributed by atoms with Crippen molar-refractivity contribution in [1.29, 1.82) is 0 Å². The van der Waals surface area contributed by atoms with Crippen LogP contribution >= 0.6 is 0 Å². The van der Waals surface area contributed by atoms with Gasteiger partial charge in [-0.2, -0.15) is 0 Å². The average molecular weight is 249 g/mol. The number of hydrogen-bond acceptors (Lipinski definition) is 3. The lowest BCUT2D eigenvalue weighted by molar-refractivity contribution is 0.0709. The highest BCUT2D eigenvalue weighted by atomic mass is 16.5. The summed E-state index contributed by atoms with van der Waals surface area (Å²) in [7, 11) is 0. The molecule has 2 rings (SSSR count). The number of hydrogen-bond donors (Lipinski definition) is 1. The number of ether oxygens (including phenoxy) is 1. The molecule has 0 aliphatic carbocycles. The second-order valence-corrected chi connectivity index (χ2v) is 4.94. The van der Waals surface area contributed by atoms with Crippen molar-refractivity contribution in [3.63, 3.8) is 0 Å². The zero-order chi connectivity index (χ0) is 12.8. The van der Waals surface area contributed by atoms with E-state index in [-0.39, 0.29) is 6.61 Å². The number of rotatable bonds is 6. The van der Waals surface area contributed by atoms with Crippen LogP contribution < -0.4 is 0 Å². The molecule has 1 aliphatic rings. The van der Waals surface area contributed by atoms with Crippen LogP contribution in [0.1, 0.15) is 30.0 Å². The smallest absolute Gasteiger partial charge is 0.0698 e. The van der Waals surface area contributed by atoms with Crippen LogP contribution in [0.25, 0.3) is 0 Å². The molecule has 1 unspecified atom stereocenters. The molecule has 3 heteroatoms. The van der Waals surface area contributed by atoms with Crippen molar-refractivity contribution < 1.29 is 9.84 Å². The molecule has 1 heterocycles. The van der Waals surface area contributed by atoms with E-state index < -0.39 is 0 Å². The fraction of sp³-hybridized carbons (Fsp3) is 0.600. The average Bonchev–Trinajstić information content (AvgIpc) is 2.83. The molecule has 0 aromatic heterocycles. The van der Waals surface area contributed by atoms with Crippen LogP contribution in [-0.4, -0.2) is 42.9 Å². The Labute approximate surface area is 109 Å². The quantitative estimate of drug-likeness (QED) is 0.784. The Morgan fingerprint density at radius 3 is 3.06 bits per heavy atom. The van der Waals surface area contributed by atoms with Gasteiger partial charge < -0.3 is 9.84 Å². The molecule has 0 bridgehead atoms. The summed E-state index contributed by atoms with van der Waals surface area (Å²) in [5.74, 6) is 0. The van der Waals surface area contributed by atoms with Crippen LogP contribution in [0, 0.1) is 6.92 Å². The Morgan fingerprint density at radius 2 is 2.28 bits per heavy atom. The Bertz CT molecular complexity index is 367. The van der Waals surface area contributed by atoms with E-state index in [0.29, 0.717) is 19.3 Å². The first-order chi connectivity index (χ1) is 8.81. The van der Waals surface area contributed by atoms with E-state index in [1.807, 2.05) is 0 Å². The van der Waals surface area contributed by atoms with Crippen LogP contribution in [0.5, 0.6) is 0 Å². The molecule has 0 amide bonds. The summed E-state index contributed by atoms with van der Waals surface area (Å²) in [6, 6.07) is 9.35. The summed E-state index contributed by atoms with van der Waals surface area (Å²) >= 11 is 0. The third-order valence-corrected chi connectivity index (χ3v) is 3.55. The first kappa shape index (κ1) is 13.5. The van der Waals surface area contributed by atoms with Crippen LogP contribution in [0.15, 0.2) is 24.3 Å². The Balaban J connectivity index is 1.91. The SMILES string of the molecule is Cc1cccc(C2CCCN2CCOCCO)c1. The van der Waals surface area contributed by atoms with Gasteiger partial charge in [-0.3, -0.25) is 4.90 Å². The lowest BCUT2D eigenvalue weighted by Gasteiger charge is -2.25. The van der Waals surface area contributed by atoms with E-state index in [1.54, 1.807) is 0 Å². The molecular weight excluding hydrogens is 226 g/mol. The Hall–Kier alpha value is -0.900. The summed E-state index contributed by atoms with van der Waals surface area (Å²) < 4.78 is 5.36. The minimum atomic E-state index is 0.112. The van der Waals surface area contributed by atoms with E-state index in [2.05, 4.69) is 36.1 Å². The van der Waals surface area contributed by atoms with Crippen molar-refractivity contribution in [3.8, 4) is 0 Å². The summed E-state index contributed by atoms with van der Waals surface area (Å²) in [5, 5.41) is 8.68. The second-order valence-electron chi connectivity index (χ2n) is 4.94. The number of aliphatic hydroxyl groups excluding tert-OH is 1. The molecule has 1 saturated heterocycles. The Kier molecular flexibility index (Phi) is 5.17. The van der Waals surface area contributed by atoms with E-state index in [1.165, 1.54) is 24.0 Å².